The molecule has 0 amide bonds. The minimum absolute atomic E-state index is 0.137. The topological polar surface area (TPSA) is 103 Å². The number of aromatic nitrogens is 6. The van der Waals surface area contributed by atoms with Gasteiger partial charge in [-0.3, -0.25) is 15.1 Å². The highest BCUT2D eigenvalue weighted by Crippen LogP contribution is 2.34. The van der Waals surface area contributed by atoms with E-state index in [1.165, 1.54) is 12.1 Å². The molecular weight excluding hydrogens is 419 g/mol. The molecule has 0 aliphatic heterocycles. The number of pyridine rings is 2. The van der Waals surface area contributed by atoms with Crippen LogP contribution in [-0.4, -0.2) is 35.2 Å². The summed E-state index contributed by atoms with van der Waals surface area (Å²) in [6, 6.07) is 13.5. The number of H-pyrrole nitrogens is 2. The van der Waals surface area contributed by atoms with Gasteiger partial charge in [0.25, 0.3) is 0 Å². The predicted molar refractivity (Wildman–Crippen MR) is 124 cm³/mol. The summed E-state index contributed by atoms with van der Waals surface area (Å²) in [7, 11) is 0. The first-order chi connectivity index (χ1) is 16.1. The third kappa shape index (κ3) is 3.20. The molecule has 0 saturated carbocycles. The van der Waals surface area contributed by atoms with Gasteiger partial charge in [0.15, 0.2) is 5.82 Å². The molecule has 0 aliphatic rings. The van der Waals surface area contributed by atoms with Crippen LogP contribution in [0.3, 0.4) is 0 Å². The molecule has 2 aromatic carbocycles. The van der Waals surface area contributed by atoms with Gasteiger partial charge >= 0.3 is 0 Å². The molecule has 33 heavy (non-hydrogen) atoms. The van der Waals surface area contributed by atoms with E-state index in [1.807, 2.05) is 37.3 Å². The van der Waals surface area contributed by atoms with E-state index in [1.54, 1.807) is 18.6 Å². The van der Waals surface area contributed by atoms with Crippen LogP contribution in [0.25, 0.3) is 55.8 Å². The van der Waals surface area contributed by atoms with Crippen molar-refractivity contribution in [2.75, 3.05) is 0 Å². The Morgan fingerprint density at radius 2 is 1.88 bits per heavy atom. The van der Waals surface area contributed by atoms with Crippen LogP contribution in [0.4, 0.5) is 4.39 Å². The Balaban J connectivity index is 1.52. The molecule has 4 aromatic heterocycles. The Morgan fingerprint density at radius 3 is 2.73 bits per heavy atom. The second-order valence-corrected chi connectivity index (χ2v) is 7.86. The SMILES string of the molecule is Cc1ccncc1-c1cc2c(-c3nc4c(-c5cc(O)cc(F)c5)cccc4[nH]3)n[nH]c2cn1. The molecule has 0 fully saturated rings. The maximum absolute atomic E-state index is 13.9. The summed E-state index contributed by atoms with van der Waals surface area (Å²) in [5.74, 6) is -0.0760. The summed E-state index contributed by atoms with van der Waals surface area (Å²) < 4.78 is 13.9. The lowest BCUT2D eigenvalue weighted by molar-refractivity contribution is 0.469. The fraction of sp³-hybridized carbons (Fsp3) is 0.0400. The van der Waals surface area contributed by atoms with Crippen LogP contribution in [0.15, 0.2) is 67.1 Å². The Labute approximate surface area is 187 Å². The van der Waals surface area contributed by atoms with E-state index in [0.29, 0.717) is 28.2 Å². The van der Waals surface area contributed by atoms with E-state index in [2.05, 4.69) is 25.1 Å². The molecule has 0 bridgehead atoms. The summed E-state index contributed by atoms with van der Waals surface area (Å²) >= 11 is 0. The molecule has 0 spiro atoms. The van der Waals surface area contributed by atoms with Gasteiger partial charge in [0.1, 0.15) is 17.3 Å². The summed E-state index contributed by atoms with van der Waals surface area (Å²) in [6.45, 7) is 2.02. The lowest BCUT2D eigenvalue weighted by Gasteiger charge is -2.04. The van der Waals surface area contributed by atoms with Crippen molar-refractivity contribution in [3.63, 3.8) is 0 Å². The smallest absolute Gasteiger partial charge is 0.159 e. The third-order valence-electron chi connectivity index (χ3n) is 5.69. The lowest BCUT2D eigenvalue weighted by atomic mass is 10.0. The zero-order valence-corrected chi connectivity index (χ0v) is 17.5. The van der Waals surface area contributed by atoms with Gasteiger partial charge in [-0.25, -0.2) is 9.37 Å². The average molecular weight is 436 g/mol. The van der Waals surface area contributed by atoms with Crippen LogP contribution in [0.2, 0.25) is 0 Å². The van der Waals surface area contributed by atoms with Crippen LogP contribution in [0.5, 0.6) is 5.75 Å². The van der Waals surface area contributed by atoms with Crippen LogP contribution < -0.4 is 0 Å². The zero-order valence-electron chi connectivity index (χ0n) is 17.5. The lowest BCUT2D eigenvalue weighted by Crippen LogP contribution is -1.89. The second-order valence-electron chi connectivity index (χ2n) is 7.86. The second kappa shape index (κ2) is 7.23. The fourth-order valence-corrected chi connectivity index (χ4v) is 4.08. The number of fused-ring (bicyclic) bond motifs is 2. The summed E-state index contributed by atoms with van der Waals surface area (Å²) in [4.78, 5) is 16.9. The highest BCUT2D eigenvalue weighted by atomic mass is 19.1. The number of nitrogens with zero attached hydrogens (tertiary/aromatic N) is 4. The summed E-state index contributed by atoms with van der Waals surface area (Å²) in [6.07, 6.45) is 5.30. The van der Waals surface area contributed by atoms with Crippen LogP contribution >= 0.6 is 0 Å². The van der Waals surface area contributed by atoms with E-state index in [4.69, 9.17) is 4.98 Å². The Kier molecular flexibility index (Phi) is 4.19. The number of imidazole rings is 1. The Morgan fingerprint density at radius 1 is 0.970 bits per heavy atom. The van der Waals surface area contributed by atoms with Gasteiger partial charge in [0.05, 0.1) is 28.4 Å². The summed E-state index contributed by atoms with van der Waals surface area (Å²) in [5.41, 5.74) is 6.94. The molecule has 0 aliphatic carbocycles. The third-order valence-corrected chi connectivity index (χ3v) is 5.69. The van der Waals surface area contributed by atoms with Crippen molar-refractivity contribution < 1.29 is 9.50 Å². The molecule has 4 heterocycles. The highest BCUT2D eigenvalue weighted by Gasteiger charge is 2.17. The zero-order chi connectivity index (χ0) is 22.5. The van der Waals surface area contributed by atoms with E-state index in [-0.39, 0.29) is 5.75 Å². The van der Waals surface area contributed by atoms with Crippen molar-refractivity contribution in [3.8, 4) is 39.7 Å². The molecule has 6 aromatic rings. The minimum Gasteiger partial charge on any atom is -0.508 e. The number of halogens is 1. The first-order valence-corrected chi connectivity index (χ1v) is 10.3. The highest BCUT2D eigenvalue weighted by molar-refractivity contribution is 5.98. The molecule has 7 nitrogen and oxygen atoms in total. The number of phenolic OH excluding ortho intramolecular Hbond substituents is 1. The molecule has 0 unspecified atom stereocenters. The predicted octanol–water partition coefficient (Wildman–Crippen LogP) is 5.38. The van der Waals surface area contributed by atoms with Gasteiger partial charge < -0.3 is 10.1 Å². The van der Waals surface area contributed by atoms with Crippen molar-refractivity contribution in [1.29, 1.82) is 0 Å². The standard InChI is InChI=1S/C25H17FN6O/c1-13-5-6-27-11-19(13)21-10-18-22(12-28-21)31-32-24(18)25-29-20-4-2-3-17(23(20)30-25)14-7-15(26)9-16(33)8-14/h2-12,33H,1H3,(H,29,30)(H,31,32). The van der Waals surface area contributed by atoms with E-state index < -0.39 is 5.82 Å². The average Bonchev–Trinajstić information content (AvgIpc) is 3.42. The van der Waals surface area contributed by atoms with Crippen LogP contribution in [0, 0.1) is 12.7 Å². The number of hydrogen-bond donors (Lipinski definition) is 3. The summed E-state index contributed by atoms with van der Waals surface area (Å²) in [5, 5.41) is 18.2. The first kappa shape index (κ1) is 19.1. The molecule has 0 radical (unpaired) electrons. The maximum atomic E-state index is 13.9. The molecule has 160 valence electrons. The minimum atomic E-state index is -0.512. The Bertz CT molecular complexity index is 1650. The van der Waals surface area contributed by atoms with E-state index in [0.717, 1.165) is 39.3 Å². The van der Waals surface area contributed by atoms with Crippen molar-refractivity contribution >= 4 is 21.9 Å². The normalized spacial score (nSPS) is 11.5. The number of para-hydroxylation sites is 1. The van der Waals surface area contributed by atoms with Crippen molar-refractivity contribution in [1.82, 2.24) is 30.1 Å². The van der Waals surface area contributed by atoms with Gasteiger partial charge in [0.2, 0.25) is 0 Å². The number of nitrogens with one attached hydrogen (secondary N) is 2. The number of benzene rings is 2. The number of aryl methyl sites for hydroxylation is 1. The monoisotopic (exact) mass is 436 g/mol. The van der Waals surface area contributed by atoms with E-state index in [9.17, 15) is 9.50 Å². The number of rotatable bonds is 3. The van der Waals surface area contributed by atoms with Crippen molar-refractivity contribution in [2.24, 2.45) is 0 Å². The fourth-order valence-electron chi connectivity index (χ4n) is 4.08. The molecule has 0 atom stereocenters. The largest absolute Gasteiger partial charge is 0.508 e. The van der Waals surface area contributed by atoms with Gasteiger partial charge in [-0.05, 0) is 48.4 Å². The first-order valence-electron chi connectivity index (χ1n) is 10.3. The van der Waals surface area contributed by atoms with Crippen LogP contribution in [0.1, 0.15) is 5.56 Å². The van der Waals surface area contributed by atoms with Crippen molar-refractivity contribution in [2.45, 2.75) is 6.92 Å². The number of hydrogen-bond acceptors (Lipinski definition) is 5. The van der Waals surface area contributed by atoms with Gasteiger partial charge in [-0.1, -0.05) is 12.1 Å². The molecule has 8 heteroatoms. The molecular formula is C25H17FN6O. The van der Waals surface area contributed by atoms with Gasteiger partial charge in [0, 0.05) is 35.0 Å². The number of aromatic hydroxyl groups is 1. The van der Waals surface area contributed by atoms with Gasteiger partial charge in [-0.15, -0.1) is 0 Å². The van der Waals surface area contributed by atoms with E-state index >= 15 is 0 Å². The number of phenols is 1. The molecule has 0 saturated heterocycles. The Hall–Kier alpha value is -4.59. The van der Waals surface area contributed by atoms with Gasteiger partial charge in [-0.2, -0.15) is 5.10 Å². The quantitative estimate of drug-likeness (QED) is 0.345. The number of aromatic amines is 2. The maximum Gasteiger partial charge on any atom is 0.159 e. The molecule has 3 N–H and O–H groups in total. The van der Waals surface area contributed by atoms with Crippen LogP contribution in [-0.2, 0) is 0 Å². The van der Waals surface area contributed by atoms with Crippen molar-refractivity contribution in [3.05, 3.63) is 78.5 Å². The molecule has 6 rings (SSSR count).